The molecule has 0 aromatic rings. The number of piperazine rings is 1. The van der Waals surface area contributed by atoms with Crippen molar-refractivity contribution in [2.24, 2.45) is 0 Å². The topological polar surface area (TPSA) is 15.3 Å². The van der Waals surface area contributed by atoms with Crippen LogP contribution in [0.4, 0.5) is 0 Å². The largest absolute Gasteiger partial charge is 0.314 e. The lowest BCUT2D eigenvalue weighted by Crippen LogP contribution is -2.43. The summed E-state index contributed by atoms with van der Waals surface area (Å²) < 4.78 is 0. The van der Waals surface area contributed by atoms with Gasteiger partial charge in [-0.25, -0.2) is 0 Å². The Balaban J connectivity index is 0. The molecule has 1 N–H and O–H groups in total. The molecule has 1 aliphatic heterocycles. The van der Waals surface area contributed by atoms with Gasteiger partial charge < -0.3 is 10.2 Å². The zero-order chi connectivity index (χ0) is 5.82. The molecule has 1 saturated heterocycles. The van der Waals surface area contributed by atoms with E-state index in [2.05, 4.69) is 17.1 Å². The molecule has 2 nitrogen and oxygen atoms in total. The predicted molar refractivity (Wildman–Crippen MR) is 49.5 cm³/mol. The van der Waals surface area contributed by atoms with Crippen LogP contribution in [0.1, 0.15) is 6.92 Å². The lowest BCUT2D eigenvalue weighted by atomic mass is 10.4. The molecule has 1 heterocycles. The van der Waals surface area contributed by atoms with E-state index in [1.807, 2.05) is 0 Å². The second kappa shape index (κ2) is 7.61. The Morgan fingerprint density at radius 2 is 1.70 bits per heavy atom. The van der Waals surface area contributed by atoms with Crippen LogP contribution in [0.2, 0.25) is 0 Å². The summed E-state index contributed by atoms with van der Waals surface area (Å²) in [6, 6.07) is 0. The molecule has 64 valence electrons. The van der Waals surface area contributed by atoms with E-state index in [0.717, 1.165) is 0 Å². The van der Waals surface area contributed by atoms with Crippen molar-refractivity contribution in [2.75, 3.05) is 32.7 Å². The molecule has 1 aliphatic rings. The molecular formula is C6H16Cl2N2. The van der Waals surface area contributed by atoms with Gasteiger partial charge in [0, 0.05) is 26.2 Å². The number of rotatable bonds is 1. The van der Waals surface area contributed by atoms with Crippen LogP contribution in [0, 0.1) is 0 Å². The highest BCUT2D eigenvalue weighted by atomic mass is 35.5. The lowest BCUT2D eigenvalue weighted by molar-refractivity contribution is 0.253. The molecule has 10 heavy (non-hydrogen) atoms. The molecule has 4 heteroatoms. The molecule has 0 aliphatic carbocycles. The summed E-state index contributed by atoms with van der Waals surface area (Å²) in [5.74, 6) is 0. The van der Waals surface area contributed by atoms with Crippen LogP contribution >= 0.6 is 24.8 Å². The Bertz CT molecular complexity index is 64.8. The molecule has 0 spiro atoms. The molecule has 0 amide bonds. The van der Waals surface area contributed by atoms with E-state index in [-0.39, 0.29) is 24.8 Å². The van der Waals surface area contributed by atoms with Gasteiger partial charge in [0.25, 0.3) is 0 Å². The average molecular weight is 187 g/mol. The molecule has 1 fully saturated rings. The van der Waals surface area contributed by atoms with E-state index in [9.17, 15) is 0 Å². The first-order valence-corrected chi connectivity index (χ1v) is 3.36. The highest BCUT2D eigenvalue weighted by Crippen LogP contribution is 1.88. The maximum Gasteiger partial charge on any atom is 0.0107 e. The number of nitrogens with one attached hydrogen (secondary N) is 1. The van der Waals surface area contributed by atoms with Gasteiger partial charge >= 0.3 is 0 Å². The summed E-state index contributed by atoms with van der Waals surface area (Å²) in [4.78, 5) is 2.45. The van der Waals surface area contributed by atoms with E-state index >= 15 is 0 Å². The molecule has 0 aromatic carbocycles. The van der Waals surface area contributed by atoms with Gasteiger partial charge in [-0.2, -0.15) is 0 Å². The summed E-state index contributed by atoms with van der Waals surface area (Å²) in [7, 11) is 0. The van der Waals surface area contributed by atoms with Crippen LogP contribution in [-0.4, -0.2) is 37.6 Å². The van der Waals surface area contributed by atoms with Gasteiger partial charge in [-0.3, -0.25) is 0 Å². The Morgan fingerprint density at radius 1 is 1.20 bits per heavy atom. The lowest BCUT2D eigenvalue weighted by Gasteiger charge is -2.25. The average Bonchev–Trinajstić information content (AvgIpc) is 1.90. The Hall–Kier alpha value is 0.500. The minimum absolute atomic E-state index is 0. The maximum absolute atomic E-state index is 3.31. The smallest absolute Gasteiger partial charge is 0.0107 e. The quantitative estimate of drug-likeness (QED) is 0.651. The fraction of sp³-hybridized carbons (Fsp3) is 1.00. The molecular weight excluding hydrogens is 171 g/mol. The highest BCUT2D eigenvalue weighted by Gasteiger charge is 2.04. The monoisotopic (exact) mass is 186 g/mol. The highest BCUT2D eigenvalue weighted by molar-refractivity contribution is 5.85. The first-order valence-electron chi connectivity index (χ1n) is 3.36. The van der Waals surface area contributed by atoms with Crippen molar-refractivity contribution in [2.45, 2.75) is 6.92 Å². The van der Waals surface area contributed by atoms with E-state index in [1.54, 1.807) is 0 Å². The SMILES string of the molecule is CCN1CCNCC1.Cl.Cl. The third-order valence-corrected chi connectivity index (χ3v) is 1.66. The molecule has 0 atom stereocenters. The molecule has 0 unspecified atom stereocenters. The predicted octanol–water partition coefficient (Wildman–Crippen LogP) is 0.755. The van der Waals surface area contributed by atoms with E-state index < -0.39 is 0 Å². The zero-order valence-electron chi connectivity index (χ0n) is 6.30. The van der Waals surface area contributed by atoms with Crippen molar-refractivity contribution in [3.05, 3.63) is 0 Å². The summed E-state index contributed by atoms with van der Waals surface area (Å²) in [5, 5.41) is 3.31. The van der Waals surface area contributed by atoms with Crippen LogP contribution < -0.4 is 5.32 Å². The van der Waals surface area contributed by atoms with Crippen molar-refractivity contribution in [3.8, 4) is 0 Å². The van der Waals surface area contributed by atoms with Gasteiger partial charge in [0.05, 0.1) is 0 Å². The molecule has 1 rings (SSSR count). The van der Waals surface area contributed by atoms with Crippen molar-refractivity contribution in [1.29, 1.82) is 0 Å². The minimum atomic E-state index is 0. The normalized spacial score (nSPS) is 18.9. The van der Waals surface area contributed by atoms with Crippen molar-refractivity contribution in [1.82, 2.24) is 10.2 Å². The van der Waals surface area contributed by atoms with Gasteiger partial charge in [-0.15, -0.1) is 24.8 Å². The first kappa shape index (κ1) is 13.1. The second-order valence-electron chi connectivity index (χ2n) is 2.18. The van der Waals surface area contributed by atoms with Crippen molar-refractivity contribution in [3.63, 3.8) is 0 Å². The number of hydrogen-bond donors (Lipinski definition) is 1. The number of halogens is 2. The molecule has 0 aromatic heterocycles. The van der Waals surface area contributed by atoms with Gasteiger partial charge in [-0.05, 0) is 6.54 Å². The van der Waals surface area contributed by atoms with E-state index in [1.165, 1.54) is 32.7 Å². The van der Waals surface area contributed by atoms with Crippen LogP contribution in [0.25, 0.3) is 0 Å². The van der Waals surface area contributed by atoms with Gasteiger partial charge in [0.2, 0.25) is 0 Å². The second-order valence-corrected chi connectivity index (χ2v) is 2.18. The Labute approximate surface area is 75.2 Å². The summed E-state index contributed by atoms with van der Waals surface area (Å²) >= 11 is 0. The van der Waals surface area contributed by atoms with Crippen molar-refractivity contribution < 1.29 is 0 Å². The van der Waals surface area contributed by atoms with Crippen LogP contribution in [0.3, 0.4) is 0 Å². The minimum Gasteiger partial charge on any atom is -0.314 e. The van der Waals surface area contributed by atoms with Crippen molar-refractivity contribution >= 4 is 24.8 Å². The third kappa shape index (κ3) is 4.34. The Morgan fingerprint density at radius 3 is 2.00 bits per heavy atom. The zero-order valence-corrected chi connectivity index (χ0v) is 7.93. The summed E-state index contributed by atoms with van der Waals surface area (Å²) in [5.41, 5.74) is 0. The Kier molecular flexibility index (Phi) is 9.97. The van der Waals surface area contributed by atoms with Crippen LogP contribution in [0.15, 0.2) is 0 Å². The van der Waals surface area contributed by atoms with Crippen LogP contribution in [-0.2, 0) is 0 Å². The van der Waals surface area contributed by atoms with Gasteiger partial charge in [0.1, 0.15) is 0 Å². The number of nitrogens with zero attached hydrogens (tertiary/aromatic N) is 1. The standard InChI is InChI=1S/C6H14N2.2ClH/c1-2-8-5-3-7-4-6-8;;/h7H,2-6H2,1H3;2*1H. The van der Waals surface area contributed by atoms with E-state index in [0.29, 0.717) is 0 Å². The fourth-order valence-corrected chi connectivity index (χ4v) is 1.03. The molecule has 0 radical (unpaired) electrons. The van der Waals surface area contributed by atoms with Gasteiger partial charge in [-0.1, -0.05) is 6.92 Å². The van der Waals surface area contributed by atoms with Crippen LogP contribution in [0.5, 0.6) is 0 Å². The molecule has 0 saturated carbocycles. The number of likely N-dealkylation sites (N-methyl/N-ethyl adjacent to an activating group) is 1. The molecule has 0 bridgehead atoms. The van der Waals surface area contributed by atoms with E-state index in [4.69, 9.17) is 0 Å². The fourth-order valence-electron chi connectivity index (χ4n) is 1.03. The summed E-state index contributed by atoms with van der Waals surface area (Å²) in [6.45, 7) is 8.24. The summed E-state index contributed by atoms with van der Waals surface area (Å²) in [6.07, 6.45) is 0. The maximum atomic E-state index is 3.31. The first-order chi connectivity index (χ1) is 3.93. The third-order valence-electron chi connectivity index (χ3n) is 1.66. The van der Waals surface area contributed by atoms with Gasteiger partial charge in [0.15, 0.2) is 0 Å². The number of hydrogen-bond acceptors (Lipinski definition) is 2.